The molecule has 0 fully saturated rings. The predicted octanol–water partition coefficient (Wildman–Crippen LogP) is 1.87. The minimum Gasteiger partial charge on any atom is -0.454 e. The molecule has 0 radical (unpaired) electrons. The average Bonchev–Trinajstić information content (AvgIpc) is 3.00. The van der Waals surface area contributed by atoms with Crippen molar-refractivity contribution in [2.24, 2.45) is 0 Å². The molecule has 0 amide bonds. The maximum absolute atomic E-state index is 12.2. The first-order valence-corrected chi connectivity index (χ1v) is 8.91. The Bertz CT molecular complexity index is 1170. The molecule has 0 saturated heterocycles. The van der Waals surface area contributed by atoms with E-state index < -0.39 is 0 Å². The van der Waals surface area contributed by atoms with E-state index in [0.29, 0.717) is 24.1 Å². The van der Waals surface area contributed by atoms with Crippen LogP contribution in [0.5, 0.6) is 0 Å². The second kappa shape index (κ2) is 7.53. The molecule has 0 bridgehead atoms. The van der Waals surface area contributed by atoms with E-state index in [0.717, 1.165) is 22.2 Å². The fourth-order valence-electron chi connectivity index (χ4n) is 3.19. The molecule has 0 unspecified atom stereocenters. The van der Waals surface area contributed by atoms with Crippen molar-refractivity contribution in [3.63, 3.8) is 0 Å². The zero-order valence-corrected chi connectivity index (χ0v) is 15.9. The van der Waals surface area contributed by atoms with E-state index in [1.54, 1.807) is 0 Å². The van der Waals surface area contributed by atoms with Crippen LogP contribution in [0.3, 0.4) is 0 Å². The monoisotopic (exact) mass is 364 g/mol. The predicted molar refractivity (Wildman–Crippen MR) is 110 cm³/mol. The number of likely N-dealkylation sites (N-methyl/N-ethyl adjacent to an activating group) is 1. The number of nitrogens with one attached hydrogen (secondary N) is 1. The molecule has 0 spiro atoms. The Labute approximate surface area is 157 Å². The molecule has 0 aliphatic rings. The number of nitrogen functional groups attached to an aromatic ring is 1. The van der Waals surface area contributed by atoms with Gasteiger partial charge in [0, 0.05) is 29.3 Å². The van der Waals surface area contributed by atoms with Crippen molar-refractivity contribution in [2.75, 3.05) is 18.8 Å². The van der Waals surface area contributed by atoms with Gasteiger partial charge in [0.25, 0.3) is 5.56 Å². The molecule has 3 N–H and O–H groups in total. The summed E-state index contributed by atoms with van der Waals surface area (Å²) < 4.78 is 6.20. The first-order valence-electron chi connectivity index (χ1n) is 8.91. The summed E-state index contributed by atoms with van der Waals surface area (Å²) in [4.78, 5) is 14.3. The molecule has 3 aromatic rings. The van der Waals surface area contributed by atoms with Crippen molar-refractivity contribution < 1.29 is 4.42 Å². The van der Waals surface area contributed by atoms with Gasteiger partial charge in [-0.25, -0.2) is 5.10 Å². The Kier molecular flexibility index (Phi) is 5.16. The quantitative estimate of drug-likeness (QED) is 0.675. The highest BCUT2D eigenvalue weighted by Gasteiger charge is 2.21. The molecule has 6 heteroatoms. The molecule has 0 aliphatic carbocycles. The fourth-order valence-corrected chi connectivity index (χ4v) is 3.19. The Morgan fingerprint density at radius 3 is 2.81 bits per heavy atom. The lowest BCUT2D eigenvalue weighted by atomic mass is 10.1. The molecule has 27 heavy (non-hydrogen) atoms. The molecule has 0 aliphatic heterocycles. The number of benzene rings is 1. The van der Waals surface area contributed by atoms with Crippen LogP contribution in [0.15, 0.2) is 45.6 Å². The van der Waals surface area contributed by atoms with Gasteiger partial charge in [-0.15, -0.1) is 0 Å². The largest absolute Gasteiger partial charge is 0.454 e. The van der Waals surface area contributed by atoms with Crippen molar-refractivity contribution in [3.05, 3.63) is 68.5 Å². The smallest absolute Gasteiger partial charge is 0.271 e. The van der Waals surface area contributed by atoms with Crippen LogP contribution < -0.4 is 21.7 Å². The van der Waals surface area contributed by atoms with Gasteiger partial charge in [0.15, 0.2) is 11.6 Å². The Balaban J connectivity index is 2.48. The van der Waals surface area contributed by atoms with Crippen molar-refractivity contribution in [1.29, 1.82) is 0 Å². The Morgan fingerprint density at radius 2 is 2.15 bits per heavy atom. The lowest BCUT2D eigenvalue weighted by molar-refractivity contribution is 0.440. The lowest BCUT2D eigenvalue weighted by Crippen LogP contribution is -2.46. The summed E-state index contributed by atoms with van der Waals surface area (Å²) in [7, 11) is 0. The number of hydrogen-bond acceptors (Lipinski definition) is 5. The number of aromatic nitrogens is 2. The van der Waals surface area contributed by atoms with E-state index in [-0.39, 0.29) is 16.6 Å². The Hall–Kier alpha value is -3.28. The molecule has 1 aromatic carbocycles. The molecule has 0 saturated carbocycles. The highest BCUT2D eigenvalue weighted by atomic mass is 16.3. The number of allylic oxidation sites excluding steroid dienone is 1. The van der Waals surface area contributed by atoms with Crippen LogP contribution >= 0.6 is 0 Å². The van der Waals surface area contributed by atoms with Gasteiger partial charge < -0.3 is 15.1 Å². The third-order valence-corrected chi connectivity index (χ3v) is 4.66. The standard InChI is InChI=1S/C21H24N4O2/c1-5-7-12-25(6-2)18(17-14(4)21(26)24-23-20(17)22)19-13(3)15-10-8-9-11-16(15)27-19/h5,7-11H,4,6,12H2,1-3H3,(H2,22,23)(H,24,26)/b7-5-,18-17+. The van der Waals surface area contributed by atoms with Crippen molar-refractivity contribution in [1.82, 2.24) is 15.1 Å². The van der Waals surface area contributed by atoms with Gasteiger partial charge in [-0.2, -0.15) is 5.10 Å². The van der Waals surface area contributed by atoms with E-state index >= 15 is 0 Å². The second-order valence-electron chi connectivity index (χ2n) is 6.30. The summed E-state index contributed by atoms with van der Waals surface area (Å²) in [5.74, 6) is 0.889. The van der Waals surface area contributed by atoms with Crippen molar-refractivity contribution in [3.8, 4) is 0 Å². The summed E-state index contributed by atoms with van der Waals surface area (Å²) in [5.41, 5.74) is 8.29. The number of hydrogen-bond donors (Lipinski definition) is 2. The number of nitrogens with zero attached hydrogens (tertiary/aromatic N) is 2. The molecule has 2 aromatic heterocycles. The van der Waals surface area contributed by atoms with Gasteiger partial charge in [0.05, 0.1) is 10.9 Å². The number of nitrogens with two attached hydrogens (primary N) is 1. The first-order chi connectivity index (χ1) is 13.0. The third-order valence-electron chi connectivity index (χ3n) is 4.66. The van der Waals surface area contributed by atoms with Crippen molar-refractivity contribution in [2.45, 2.75) is 20.8 Å². The summed E-state index contributed by atoms with van der Waals surface area (Å²) in [6, 6.07) is 7.85. The van der Waals surface area contributed by atoms with E-state index in [1.165, 1.54) is 0 Å². The number of para-hydroxylation sites is 1. The van der Waals surface area contributed by atoms with E-state index in [4.69, 9.17) is 10.2 Å². The summed E-state index contributed by atoms with van der Waals surface area (Å²) >= 11 is 0. The normalized spacial score (nSPS) is 12.7. The number of furan rings is 1. The van der Waals surface area contributed by atoms with Gasteiger partial charge in [-0.1, -0.05) is 36.9 Å². The van der Waals surface area contributed by atoms with Gasteiger partial charge in [0.2, 0.25) is 0 Å². The van der Waals surface area contributed by atoms with Crippen molar-refractivity contribution >= 4 is 29.1 Å². The van der Waals surface area contributed by atoms with Gasteiger partial charge in [-0.3, -0.25) is 4.79 Å². The molecule has 6 nitrogen and oxygen atoms in total. The number of fused-ring (bicyclic) bond motifs is 1. The van der Waals surface area contributed by atoms with E-state index in [9.17, 15) is 4.79 Å². The number of H-pyrrole nitrogens is 1. The molecule has 3 rings (SSSR count). The number of aromatic amines is 1. The van der Waals surface area contributed by atoms with Crippen LogP contribution in [0.4, 0.5) is 5.82 Å². The number of aryl methyl sites for hydroxylation is 1. The topological polar surface area (TPSA) is 88.1 Å². The highest BCUT2D eigenvalue weighted by molar-refractivity contribution is 5.86. The molecule has 0 atom stereocenters. The third kappa shape index (κ3) is 3.26. The minimum atomic E-state index is -0.368. The molecular formula is C21H24N4O2. The SMILES string of the molecule is C=c1c(=O)[nH]nc(N)/c1=C(\c1oc2ccccc2c1C)N(CC)C/C=C\C. The maximum atomic E-state index is 12.2. The first kappa shape index (κ1) is 18.5. The van der Waals surface area contributed by atoms with Gasteiger partial charge in [0.1, 0.15) is 5.58 Å². The summed E-state index contributed by atoms with van der Waals surface area (Å²) in [6.07, 6.45) is 4.03. The second-order valence-corrected chi connectivity index (χ2v) is 6.30. The van der Waals surface area contributed by atoms with Crippen LogP contribution in [0.2, 0.25) is 0 Å². The maximum Gasteiger partial charge on any atom is 0.271 e. The summed E-state index contributed by atoms with van der Waals surface area (Å²) in [6.45, 7) is 11.3. The molecule has 2 heterocycles. The van der Waals surface area contributed by atoms with E-state index in [2.05, 4.69) is 21.7 Å². The van der Waals surface area contributed by atoms with Crippen LogP contribution in [0.25, 0.3) is 23.2 Å². The van der Waals surface area contributed by atoms with Crippen LogP contribution in [0.1, 0.15) is 25.2 Å². The molecule has 140 valence electrons. The zero-order chi connectivity index (χ0) is 19.6. The number of rotatable bonds is 5. The lowest BCUT2D eigenvalue weighted by Gasteiger charge is -2.24. The number of anilines is 1. The fraction of sp³-hybridized carbons (Fsp3) is 0.238. The van der Waals surface area contributed by atoms with E-state index in [1.807, 2.05) is 57.2 Å². The van der Waals surface area contributed by atoms with Crippen LogP contribution in [-0.4, -0.2) is 28.2 Å². The molecular weight excluding hydrogens is 340 g/mol. The van der Waals surface area contributed by atoms with Gasteiger partial charge in [-0.05, 0) is 26.8 Å². The zero-order valence-electron chi connectivity index (χ0n) is 15.9. The van der Waals surface area contributed by atoms with Gasteiger partial charge >= 0.3 is 0 Å². The highest BCUT2D eigenvalue weighted by Crippen LogP contribution is 2.30. The van der Waals surface area contributed by atoms with Crippen LogP contribution in [0, 0.1) is 6.92 Å². The minimum absolute atomic E-state index is 0.216. The Morgan fingerprint density at radius 1 is 1.41 bits per heavy atom. The van der Waals surface area contributed by atoms with Crippen LogP contribution in [-0.2, 0) is 0 Å². The average molecular weight is 364 g/mol. The summed E-state index contributed by atoms with van der Waals surface area (Å²) in [5, 5.41) is 8.15.